The fourth-order valence-electron chi connectivity index (χ4n) is 2.20. The number of halogens is 1. The Labute approximate surface area is 116 Å². The van der Waals surface area contributed by atoms with Crippen LogP contribution in [-0.4, -0.2) is 34.8 Å². The maximum Gasteiger partial charge on any atom is 0.129 e. The van der Waals surface area contributed by atoms with Gasteiger partial charge in [-0.1, -0.05) is 19.9 Å². The van der Waals surface area contributed by atoms with Crippen molar-refractivity contribution in [3.05, 3.63) is 29.6 Å². The van der Waals surface area contributed by atoms with Crippen LogP contribution in [0.3, 0.4) is 0 Å². The average Bonchev–Trinajstić information content (AvgIpc) is 2.38. The van der Waals surface area contributed by atoms with Gasteiger partial charge in [-0.25, -0.2) is 4.39 Å². The number of rotatable bonds is 4. The molecule has 1 aromatic carbocycles. The SMILES string of the molecule is CC(C)NCc1c(F)cccc1N1CCS(=O)CC1. The molecule has 1 aromatic rings. The Morgan fingerprint density at radius 2 is 2.05 bits per heavy atom. The van der Waals surface area contributed by atoms with Crippen LogP contribution < -0.4 is 10.2 Å². The number of nitrogens with one attached hydrogen (secondary N) is 1. The molecule has 3 nitrogen and oxygen atoms in total. The molecule has 106 valence electrons. The van der Waals surface area contributed by atoms with Crippen LogP contribution in [0.15, 0.2) is 18.2 Å². The summed E-state index contributed by atoms with van der Waals surface area (Å²) in [6.07, 6.45) is 0. The van der Waals surface area contributed by atoms with Gasteiger partial charge in [0.25, 0.3) is 0 Å². The highest BCUT2D eigenvalue weighted by atomic mass is 32.2. The van der Waals surface area contributed by atoms with Gasteiger partial charge < -0.3 is 10.2 Å². The maximum atomic E-state index is 14.0. The van der Waals surface area contributed by atoms with E-state index in [4.69, 9.17) is 0 Å². The lowest BCUT2D eigenvalue weighted by Gasteiger charge is -2.30. The van der Waals surface area contributed by atoms with Crippen molar-refractivity contribution in [3.63, 3.8) is 0 Å². The number of nitrogens with zero attached hydrogens (tertiary/aromatic N) is 1. The third-order valence-electron chi connectivity index (χ3n) is 3.30. The van der Waals surface area contributed by atoms with E-state index in [0.717, 1.165) is 18.8 Å². The Morgan fingerprint density at radius 3 is 2.68 bits per heavy atom. The Bertz CT molecular complexity index is 455. The van der Waals surface area contributed by atoms with Crippen LogP contribution >= 0.6 is 0 Å². The summed E-state index contributed by atoms with van der Waals surface area (Å²) in [7, 11) is -0.709. The Hall–Kier alpha value is -0.940. The minimum absolute atomic E-state index is 0.169. The van der Waals surface area contributed by atoms with Crippen molar-refractivity contribution in [2.75, 3.05) is 29.5 Å². The van der Waals surface area contributed by atoms with Crippen LogP contribution in [0.25, 0.3) is 0 Å². The molecule has 0 aromatic heterocycles. The predicted octanol–water partition coefficient (Wildman–Crippen LogP) is 1.89. The van der Waals surface area contributed by atoms with Crippen molar-refractivity contribution in [2.45, 2.75) is 26.4 Å². The monoisotopic (exact) mass is 284 g/mol. The van der Waals surface area contributed by atoms with E-state index in [0.29, 0.717) is 29.7 Å². The number of hydrogen-bond acceptors (Lipinski definition) is 3. The molecule has 0 atom stereocenters. The molecule has 0 spiro atoms. The number of benzene rings is 1. The van der Waals surface area contributed by atoms with Crippen molar-refractivity contribution < 1.29 is 8.60 Å². The van der Waals surface area contributed by atoms with Crippen LogP contribution in [0.4, 0.5) is 10.1 Å². The van der Waals surface area contributed by atoms with Gasteiger partial charge in [0.05, 0.1) is 0 Å². The van der Waals surface area contributed by atoms with E-state index in [9.17, 15) is 8.60 Å². The highest BCUT2D eigenvalue weighted by Gasteiger charge is 2.19. The summed E-state index contributed by atoms with van der Waals surface area (Å²) in [5.74, 6) is 1.18. The largest absolute Gasteiger partial charge is 0.369 e. The minimum Gasteiger partial charge on any atom is -0.369 e. The molecule has 1 saturated heterocycles. The van der Waals surface area contributed by atoms with E-state index in [2.05, 4.69) is 10.2 Å². The summed E-state index contributed by atoms with van der Waals surface area (Å²) in [5.41, 5.74) is 1.65. The smallest absolute Gasteiger partial charge is 0.129 e. The number of anilines is 1. The van der Waals surface area contributed by atoms with Gasteiger partial charge >= 0.3 is 0 Å². The standard InChI is InChI=1S/C14H21FN2OS/c1-11(2)16-10-12-13(15)4-3-5-14(12)17-6-8-19(18)9-7-17/h3-5,11,16H,6-10H2,1-2H3. The first-order chi connectivity index (χ1) is 9.08. The zero-order valence-corrected chi connectivity index (χ0v) is 12.3. The Kier molecular flexibility index (Phi) is 4.93. The molecule has 0 unspecified atom stereocenters. The topological polar surface area (TPSA) is 32.3 Å². The molecular weight excluding hydrogens is 263 g/mol. The minimum atomic E-state index is -0.709. The van der Waals surface area contributed by atoms with E-state index in [1.165, 1.54) is 6.07 Å². The van der Waals surface area contributed by atoms with Gasteiger partial charge in [-0.05, 0) is 12.1 Å². The van der Waals surface area contributed by atoms with Gasteiger partial charge in [0, 0.05) is 59.2 Å². The fourth-order valence-corrected chi connectivity index (χ4v) is 3.26. The zero-order valence-electron chi connectivity index (χ0n) is 11.5. The second-order valence-corrected chi connectivity index (χ2v) is 6.80. The molecule has 1 aliphatic heterocycles. The highest BCUT2D eigenvalue weighted by molar-refractivity contribution is 7.85. The molecule has 1 aliphatic rings. The summed E-state index contributed by atoms with van der Waals surface area (Å²) in [6.45, 7) is 6.10. The summed E-state index contributed by atoms with van der Waals surface area (Å²) < 4.78 is 25.4. The molecule has 19 heavy (non-hydrogen) atoms. The van der Waals surface area contributed by atoms with Crippen molar-refractivity contribution in [2.24, 2.45) is 0 Å². The van der Waals surface area contributed by atoms with E-state index in [1.54, 1.807) is 6.07 Å². The summed E-state index contributed by atoms with van der Waals surface area (Å²) in [4.78, 5) is 2.14. The second-order valence-electron chi connectivity index (χ2n) is 5.11. The van der Waals surface area contributed by atoms with Crippen LogP contribution in [0, 0.1) is 5.82 Å². The van der Waals surface area contributed by atoms with Gasteiger partial charge in [-0.2, -0.15) is 0 Å². The lowest BCUT2D eigenvalue weighted by Crippen LogP contribution is -2.38. The van der Waals surface area contributed by atoms with Crippen molar-refractivity contribution in [3.8, 4) is 0 Å². The third kappa shape index (κ3) is 3.76. The molecule has 0 amide bonds. The van der Waals surface area contributed by atoms with Gasteiger partial charge in [0.1, 0.15) is 5.82 Å². The van der Waals surface area contributed by atoms with Crippen molar-refractivity contribution in [1.82, 2.24) is 5.32 Å². The summed E-state index contributed by atoms with van der Waals surface area (Å²) in [6, 6.07) is 5.52. The molecule has 1 fully saturated rings. The van der Waals surface area contributed by atoms with Crippen LogP contribution in [0.2, 0.25) is 0 Å². The first-order valence-electron chi connectivity index (χ1n) is 6.68. The predicted molar refractivity (Wildman–Crippen MR) is 78.5 cm³/mol. The zero-order chi connectivity index (χ0) is 13.8. The molecule has 1 heterocycles. The Balaban J connectivity index is 2.19. The van der Waals surface area contributed by atoms with E-state index >= 15 is 0 Å². The van der Waals surface area contributed by atoms with Gasteiger partial charge in [0.2, 0.25) is 0 Å². The molecule has 1 N–H and O–H groups in total. The highest BCUT2D eigenvalue weighted by Crippen LogP contribution is 2.24. The molecule has 0 saturated carbocycles. The molecule has 2 rings (SSSR count). The first kappa shape index (κ1) is 14.5. The number of hydrogen-bond donors (Lipinski definition) is 1. The molecule has 0 aliphatic carbocycles. The molecule has 0 bridgehead atoms. The van der Waals surface area contributed by atoms with Crippen molar-refractivity contribution in [1.29, 1.82) is 0 Å². The van der Waals surface area contributed by atoms with Crippen LogP contribution in [0.1, 0.15) is 19.4 Å². The lowest BCUT2D eigenvalue weighted by molar-refractivity contribution is 0.552. The van der Waals surface area contributed by atoms with Gasteiger partial charge in [-0.3, -0.25) is 4.21 Å². The molecule has 0 radical (unpaired) electrons. The third-order valence-corrected chi connectivity index (χ3v) is 4.58. The quantitative estimate of drug-likeness (QED) is 0.916. The van der Waals surface area contributed by atoms with Crippen LogP contribution in [-0.2, 0) is 17.3 Å². The summed E-state index contributed by atoms with van der Waals surface area (Å²) in [5, 5.41) is 3.26. The molecule has 5 heteroatoms. The second kappa shape index (κ2) is 6.48. The van der Waals surface area contributed by atoms with E-state index in [-0.39, 0.29) is 5.82 Å². The maximum absolute atomic E-state index is 14.0. The lowest BCUT2D eigenvalue weighted by atomic mass is 10.1. The fraction of sp³-hybridized carbons (Fsp3) is 0.571. The van der Waals surface area contributed by atoms with Crippen molar-refractivity contribution >= 4 is 16.5 Å². The van der Waals surface area contributed by atoms with E-state index < -0.39 is 10.8 Å². The Morgan fingerprint density at radius 1 is 1.37 bits per heavy atom. The normalized spacial score (nSPS) is 17.2. The summed E-state index contributed by atoms with van der Waals surface area (Å²) >= 11 is 0. The van der Waals surface area contributed by atoms with E-state index in [1.807, 2.05) is 19.9 Å². The van der Waals surface area contributed by atoms with Crippen LogP contribution in [0.5, 0.6) is 0 Å². The average molecular weight is 284 g/mol. The van der Waals surface area contributed by atoms with Gasteiger partial charge in [0.15, 0.2) is 0 Å². The van der Waals surface area contributed by atoms with Gasteiger partial charge in [-0.15, -0.1) is 0 Å². The molecular formula is C14H21FN2OS. The first-order valence-corrected chi connectivity index (χ1v) is 8.17.